The van der Waals surface area contributed by atoms with Gasteiger partial charge in [-0.25, -0.2) is 0 Å². The third kappa shape index (κ3) is 2.98. The summed E-state index contributed by atoms with van der Waals surface area (Å²) in [6.07, 6.45) is 5.38. The molecule has 0 aromatic heterocycles. The van der Waals surface area contributed by atoms with Crippen molar-refractivity contribution in [3.8, 4) is 5.75 Å². The molecular formula is C16H25NO. The molecule has 0 bridgehead atoms. The Hall–Kier alpha value is -1.18. The van der Waals surface area contributed by atoms with Crippen molar-refractivity contribution in [3.05, 3.63) is 23.3 Å². The normalized spacial score (nSPS) is 16.4. The Labute approximate surface area is 111 Å². The fourth-order valence-electron chi connectivity index (χ4n) is 2.68. The van der Waals surface area contributed by atoms with Crippen LogP contribution in [0, 0.1) is 12.8 Å². The third-order valence-corrected chi connectivity index (χ3v) is 3.97. The largest absolute Gasteiger partial charge is 0.493 e. The van der Waals surface area contributed by atoms with Gasteiger partial charge in [0, 0.05) is 5.69 Å². The maximum atomic E-state index is 6.06. The Kier molecular flexibility index (Phi) is 4.15. The predicted molar refractivity (Wildman–Crippen MR) is 77.1 cm³/mol. The monoisotopic (exact) mass is 247 g/mol. The average Bonchev–Trinajstić information content (AvgIpc) is 2.83. The molecule has 1 fully saturated rings. The van der Waals surface area contributed by atoms with Gasteiger partial charge in [0.2, 0.25) is 0 Å². The average molecular weight is 247 g/mol. The molecule has 0 saturated heterocycles. The summed E-state index contributed by atoms with van der Waals surface area (Å²) in [5.41, 5.74) is 9.20. The number of ether oxygens (including phenoxy) is 1. The van der Waals surface area contributed by atoms with Gasteiger partial charge in [0.25, 0.3) is 0 Å². The molecule has 0 radical (unpaired) electrons. The number of hydrogen-bond acceptors (Lipinski definition) is 2. The van der Waals surface area contributed by atoms with E-state index in [2.05, 4.69) is 26.0 Å². The van der Waals surface area contributed by atoms with E-state index in [0.717, 1.165) is 29.5 Å². The van der Waals surface area contributed by atoms with Crippen LogP contribution in [0.15, 0.2) is 12.1 Å². The molecule has 2 nitrogen and oxygen atoms in total. The zero-order valence-electron chi connectivity index (χ0n) is 11.8. The second-order valence-corrected chi connectivity index (χ2v) is 5.86. The highest BCUT2D eigenvalue weighted by Crippen LogP contribution is 2.32. The van der Waals surface area contributed by atoms with Crippen LogP contribution in [0.1, 0.15) is 56.6 Å². The molecule has 0 atom stereocenters. The Morgan fingerprint density at radius 2 is 1.94 bits per heavy atom. The smallest absolute Gasteiger partial charge is 0.123 e. The molecule has 100 valence electrons. The molecule has 1 aliphatic rings. The number of nitrogens with two attached hydrogens (primary N) is 1. The highest BCUT2D eigenvalue weighted by atomic mass is 16.5. The Morgan fingerprint density at radius 3 is 2.56 bits per heavy atom. The molecule has 18 heavy (non-hydrogen) atoms. The van der Waals surface area contributed by atoms with Gasteiger partial charge in [0.1, 0.15) is 5.75 Å². The molecule has 1 saturated carbocycles. The Morgan fingerprint density at radius 1 is 1.28 bits per heavy atom. The number of hydrogen-bond donors (Lipinski definition) is 1. The van der Waals surface area contributed by atoms with Crippen molar-refractivity contribution >= 4 is 5.69 Å². The summed E-state index contributed by atoms with van der Waals surface area (Å²) in [5, 5.41) is 0. The molecule has 0 unspecified atom stereocenters. The second kappa shape index (κ2) is 5.64. The minimum atomic E-state index is 0.450. The molecule has 1 aromatic carbocycles. The predicted octanol–water partition coefficient (Wildman–Crippen LogP) is 4.27. The summed E-state index contributed by atoms with van der Waals surface area (Å²) in [6, 6.07) is 4.17. The summed E-state index contributed by atoms with van der Waals surface area (Å²) in [6.45, 7) is 7.28. The number of nitrogen functional groups attached to an aromatic ring is 1. The second-order valence-electron chi connectivity index (χ2n) is 5.86. The summed E-state index contributed by atoms with van der Waals surface area (Å²) in [7, 11) is 0. The van der Waals surface area contributed by atoms with E-state index in [-0.39, 0.29) is 0 Å². The molecule has 0 amide bonds. The zero-order chi connectivity index (χ0) is 13.1. The summed E-state index contributed by atoms with van der Waals surface area (Å²) < 4.78 is 6.06. The lowest BCUT2D eigenvalue weighted by Crippen LogP contribution is -2.10. The third-order valence-electron chi connectivity index (χ3n) is 3.97. The SMILES string of the molecule is Cc1cc(OCC2CCCC2)c(C(C)C)cc1N. The first-order valence-corrected chi connectivity index (χ1v) is 7.10. The summed E-state index contributed by atoms with van der Waals surface area (Å²) in [5.74, 6) is 2.23. The van der Waals surface area contributed by atoms with Crippen LogP contribution in [-0.4, -0.2) is 6.61 Å². The quantitative estimate of drug-likeness (QED) is 0.806. The first kappa shape index (κ1) is 13.3. The topological polar surface area (TPSA) is 35.2 Å². The minimum Gasteiger partial charge on any atom is -0.493 e. The van der Waals surface area contributed by atoms with Crippen LogP contribution < -0.4 is 10.5 Å². The molecule has 2 heteroatoms. The van der Waals surface area contributed by atoms with Crippen LogP contribution in [0.3, 0.4) is 0 Å². The minimum absolute atomic E-state index is 0.450. The van der Waals surface area contributed by atoms with Crippen molar-refractivity contribution in [1.29, 1.82) is 0 Å². The molecular weight excluding hydrogens is 222 g/mol. The fraction of sp³-hybridized carbons (Fsp3) is 0.625. The van der Waals surface area contributed by atoms with Gasteiger partial charge in [-0.05, 0) is 54.9 Å². The standard InChI is InChI=1S/C16H25NO/c1-11(2)14-9-15(17)12(3)8-16(14)18-10-13-6-4-5-7-13/h8-9,11,13H,4-7,10,17H2,1-3H3. The van der Waals surface area contributed by atoms with Crippen LogP contribution in [0.2, 0.25) is 0 Å². The number of anilines is 1. The summed E-state index contributed by atoms with van der Waals surface area (Å²) in [4.78, 5) is 0. The lowest BCUT2D eigenvalue weighted by molar-refractivity contribution is 0.249. The first-order valence-electron chi connectivity index (χ1n) is 7.10. The first-order chi connectivity index (χ1) is 8.58. The fourth-order valence-corrected chi connectivity index (χ4v) is 2.68. The van der Waals surface area contributed by atoms with Gasteiger partial charge >= 0.3 is 0 Å². The van der Waals surface area contributed by atoms with E-state index in [0.29, 0.717) is 5.92 Å². The molecule has 1 aromatic rings. The van der Waals surface area contributed by atoms with Crippen molar-refractivity contribution in [2.45, 2.75) is 52.4 Å². The highest BCUT2D eigenvalue weighted by Gasteiger charge is 2.17. The number of benzene rings is 1. The van der Waals surface area contributed by atoms with Gasteiger partial charge in [-0.15, -0.1) is 0 Å². The van der Waals surface area contributed by atoms with E-state index in [1.54, 1.807) is 0 Å². The maximum Gasteiger partial charge on any atom is 0.123 e. The molecule has 0 aliphatic heterocycles. The van der Waals surface area contributed by atoms with Crippen molar-refractivity contribution in [2.24, 2.45) is 5.92 Å². The van der Waals surface area contributed by atoms with Crippen molar-refractivity contribution in [1.82, 2.24) is 0 Å². The van der Waals surface area contributed by atoms with Gasteiger partial charge in [-0.2, -0.15) is 0 Å². The van der Waals surface area contributed by atoms with E-state index in [4.69, 9.17) is 10.5 Å². The van der Waals surface area contributed by atoms with Crippen LogP contribution in [0.5, 0.6) is 5.75 Å². The molecule has 2 rings (SSSR count). The Balaban J connectivity index is 2.12. The van der Waals surface area contributed by atoms with E-state index in [1.165, 1.54) is 31.2 Å². The maximum absolute atomic E-state index is 6.06. The van der Waals surface area contributed by atoms with E-state index in [1.807, 2.05) is 6.92 Å². The van der Waals surface area contributed by atoms with Gasteiger partial charge in [-0.3, -0.25) is 0 Å². The molecule has 1 aliphatic carbocycles. The van der Waals surface area contributed by atoms with Crippen LogP contribution in [0.25, 0.3) is 0 Å². The van der Waals surface area contributed by atoms with Gasteiger partial charge < -0.3 is 10.5 Å². The molecule has 0 spiro atoms. The molecule has 2 N–H and O–H groups in total. The van der Waals surface area contributed by atoms with Crippen LogP contribution in [-0.2, 0) is 0 Å². The Bertz CT molecular complexity index is 406. The van der Waals surface area contributed by atoms with Crippen molar-refractivity contribution in [2.75, 3.05) is 12.3 Å². The van der Waals surface area contributed by atoms with Crippen LogP contribution in [0.4, 0.5) is 5.69 Å². The van der Waals surface area contributed by atoms with Crippen molar-refractivity contribution < 1.29 is 4.74 Å². The van der Waals surface area contributed by atoms with Gasteiger partial charge in [0.05, 0.1) is 6.61 Å². The zero-order valence-corrected chi connectivity index (χ0v) is 11.8. The molecule has 0 heterocycles. The highest BCUT2D eigenvalue weighted by molar-refractivity contribution is 5.55. The lowest BCUT2D eigenvalue weighted by Gasteiger charge is -2.18. The van der Waals surface area contributed by atoms with E-state index in [9.17, 15) is 0 Å². The van der Waals surface area contributed by atoms with E-state index >= 15 is 0 Å². The van der Waals surface area contributed by atoms with Crippen LogP contribution >= 0.6 is 0 Å². The van der Waals surface area contributed by atoms with E-state index < -0.39 is 0 Å². The van der Waals surface area contributed by atoms with Gasteiger partial charge in [-0.1, -0.05) is 26.7 Å². The number of rotatable bonds is 4. The van der Waals surface area contributed by atoms with Crippen molar-refractivity contribution in [3.63, 3.8) is 0 Å². The van der Waals surface area contributed by atoms with Gasteiger partial charge in [0.15, 0.2) is 0 Å². The number of aryl methyl sites for hydroxylation is 1. The summed E-state index contributed by atoms with van der Waals surface area (Å²) >= 11 is 0. The lowest BCUT2D eigenvalue weighted by atomic mass is 9.99.